The van der Waals surface area contributed by atoms with Crippen molar-refractivity contribution in [2.75, 3.05) is 51.1 Å². The van der Waals surface area contributed by atoms with Crippen LogP contribution in [0, 0.1) is 0 Å². The topological polar surface area (TPSA) is 166 Å². The van der Waals surface area contributed by atoms with Crippen molar-refractivity contribution in [2.45, 2.75) is 70.4 Å². The van der Waals surface area contributed by atoms with Gasteiger partial charge in [0.15, 0.2) is 0 Å². The molecule has 280 valence electrons. The molecule has 1 aliphatic rings. The summed E-state index contributed by atoms with van der Waals surface area (Å²) in [7, 11) is 0. The summed E-state index contributed by atoms with van der Waals surface area (Å²) < 4.78 is 5.74. The molecular formula is C40H54N6O6. The van der Waals surface area contributed by atoms with Gasteiger partial charge in [0.25, 0.3) is 0 Å². The number of hydrogen-bond donors (Lipinski definition) is 5. The number of carbonyl (C=O) groups is 4. The second kappa shape index (κ2) is 22.1. The normalized spacial score (nSPS) is 13.3. The highest BCUT2D eigenvalue weighted by Gasteiger charge is 2.23. The minimum atomic E-state index is -0.458. The van der Waals surface area contributed by atoms with E-state index < -0.39 is 6.09 Å². The highest BCUT2D eigenvalue weighted by Crippen LogP contribution is 2.28. The van der Waals surface area contributed by atoms with E-state index in [-0.39, 0.29) is 36.0 Å². The van der Waals surface area contributed by atoms with Crippen LogP contribution in [0.2, 0.25) is 0 Å². The lowest BCUT2D eigenvalue weighted by molar-refractivity contribution is -0.132. The molecule has 1 heterocycles. The largest absolute Gasteiger partial charge is 0.508 e. The Kier molecular flexibility index (Phi) is 16.9. The molecular weight excluding hydrogens is 660 g/mol. The molecule has 52 heavy (non-hydrogen) atoms. The number of unbranched alkanes of at least 4 members (excludes halogenated alkanes) is 2. The number of aromatic hydroxyl groups is 1. The van der Waals surface area contributed by atoms with Crippen molar-refractivity contribution in [3.8, 4) is 16.9 Å². The quantitative estimate of drug-likeness (QED) is 0.0960. The number of benzene rings is 3. The van der Waals surface area contributed by atoms with Gasteiger partial charge in [0.1, 0.15) is 11.9 Å². The molecule has 1 saturated heterocycles. The van der Waals surface area contributed by atoms with E-state index in [4.69, 9.17) is 10.5 Å². The smallest absolute Gasteiger partial charge is 0.411 e. The number of rotatable bonds is 21. The molecule has 3 aromatic rings. The van der Waals surface area contributed by atoms with Crippen molar-refractivity contribution in [3.05, 3.63) is 84.4 Å². The monoisotopic (exact) mass is 714 g/mol. The van der Waals surface area contributed by atoms with Crippen LogP contribution in [0.1, 0.15) is 63.4 Å². The fraction of sp³-hybridized carbons (Fsp3) is 0.450. The van der Waals surface area contributed by atoms with Crippen LogP contribution >= 0.6 is 0 Å². The Morgan fingerprint density at radius 3 is 2.29 bits per heavy atom. The molecule has 4 amide bonds. The molecule has 0 bridgehead atoms. The Morgan fingerprint density at radius 1 is 0.808 bits per heavy atom. The standard InChI is InChI=1S/C40H54N6O6/c41-37(48)19-25-42-23-9-14-39(50)46(30-31-15-17-33(47)18-16-31)26-8-2-7-24-43-38(49)22-29-45-27-20-34(21-28-45)52-40(51)44-36-13-6-5-12-35(36)32-10-3-1-4-11-32/h1,3-6,10-13,15-18,34,42,47H,2,7-9,14,19-30H2,(H2,41,48)(H,43,49)(H,44,51). The summed E-state index contributed by atoms with van der Waals surface area (Å²) >= 11 is 0. The van der Waals surface area contributed by atoms with E-state index in [1.807, 2.05) is 71.6 Å². The molecule has 0 atom stereocenters. The number of hydrogen-bond acceptors (Lipinski definition) is 8. The first kappa shape index (κ1) is 39.8. The Hall–Kier alpha value is -4.94. The van der Waals surface area contributed by atoms with Crippen molar-refractivity contribution in [1.82, 2.24) is 20.4 Å². The lowest BCUT2D eigenvalue weighted by Gasteiger charge is -2.31. The van der Waals surface area contributed by atoms with Gasteiger partial charge < -0.3 is 36.0 Å². The maximum atomic E-state index is 13.0. The molecule has 0 aromatic heterocycles. The third kappa shape index (κ3) is 14.7. The number of nitrogens with zero attached hydrogens (tertiary/aromatic N) is 2. The summed E-state index contributed by atoms with van der Waals surface area (Å²) in [5.74, 6) is -0.0960. The first-order valence-electron chi connectivity index (χ1n) is 18.4. The first-order valence-corrected chi connectivity index (χ1v) is 18.4. The number of para-hydroxylation sites is 1. The molecule has 4 rings (SSSR count). The third-order valence-electron chi connectivity index (χ3n) is 9.09. The van der Waals surface area contributed by atoms with Crippen LogP contribution in [0.4, 0.5) is 10.5 Å². The van der Waals surface area contributed by atoms with Gasteiger partial charge in [0, 0.05) is 70.6 Å². The van der Waals surface area contributed by atoms with Gasteiger partial charge >= 0.3 is 6.09 Å². The van der Waals surface area contributed by atoms with E-state index in [1.165, 1.54) is 0 Å². The Balaban J connectivity index is 1.07. The highest BCUT2D eigenvalue weighted by molar-refractivity contribution is 5.91. The van der Waals surface area contributed by atoms with Gasteiger partial charge in [-0.1, -0.05) is 60.7 Å². The third-order valence-corrected chi connectivity index (χ3v) is 9.09. The number of amides is 4. The summed E-state index contributed by atoms with van der Waals surface area (Å²) in [5, 5.41) is 18.7. The number of nitrogens with one attached hydrogen (secondary N) is 3. The summed E-state index contributed by atoms with van der Waals surface area (Å²) in [6.45, 7) is 4.96. The Bertz CT molecular complexity index is 1550. The van der Waals surface area contributed by atoms with E-state index in [2.05, 4.69) is 20.9 Å². The van der Waals surface area contributed by atoms with Gasteiger partial charge in [0.2, 0.25) is 17.7 Å². The zero-order valence-electron chi connectivity index (χ0n) is 30.1. The van der Waals surface area contributed by atoms with E-state index in [0.29, 0.717) is 64.2 Å². The molecule has 0 aliphatic carbocycles. The van der Waals surface area contributed by atoms with Gasteiger partial charge in [-0.3, -0.25) is 19.7 Å². The van der Waals surface area contributed by atoms with Crippen LogP contribution < -0.4 is 21.7 Å². The van der Waals surface area contributed by atoms with Crippen molar-refractivity contribution >= 4 is 29.5 Å². The second-order valence-electron chi connectivity index (χ2n) is 13.2. The first-order chi connectivity index (χ1) is 25.3. The number of likely N-dealkylation sites (tertiary alicyclic amines) is 1. The number of anilines is 1. The predicted molar refractivity (Wildman–Crippen MR) is 202 cm³/mol. The zero-order valence-corrected chi connectivity index (χ0v) is 30.1. The van der Waals surface area contributed by atoms with Crippen LogP contribution in [0.25, 0.3) is 11.1 Å². The number of phenolic OH excluding ortho intramolecular Hbond substituents is 1. The van der Waals surface area contributed by atoms with E-state index in [1.54, 1.807) is 12.1 Å². The van der Waals surface area contributed by atoms with E-state index >= 15 is 0 Å². The maximum Gasteiger partial charge on any atom is 0.411 e. The molecule has 0 unspecified atom stereocenters. The Labute approximate surface area is 307 Å². The maximum absolute atomic E-state index is 13.0. The molecule has 3 aromatic carbocycles. The molecule has 1 fully saturated rings. The van der Waals surface area contributed by atoms with Crippen molar-refractivity contribution in [3.63, 3.8) is 0 Å². The minimum Gasteiger partial charge on any atom is -0.508 e. The Morgan fingerprint density at radius 2 is 1.54 bits per heavy atom. The van der Waals surface area contributed by atoms with Gasteiger partial charge in [-0.25, -0.2) is 4.79 Å². The lowest BCUT2D eigenvalue weighted by atomic mass is 10.0. The molecule has 0 spiro atoms. The van der Waals surface area contributed by atoms with Crippen LogP contribution in [0.5, 0.6) is 5.75 Å². The lowest BCUT2D eigenvalue weighted by Crippen LogP contribution is -2.40. The molecule has 12 heteroatoms. The van der Waals surface area contributed by atoms with E-state index in [0.717, 1.165) is 61.9 Å². The predicted octanol–water partition coefficient (Wildman–Crippen LogP) is 5.02. The van der Waals surface area contributed by atoms with Gasteiger partial charge in [-0.15, -0.1) is 0 Å². The second-order valence-corrected chi connectivity index (χ2v) is 13.2. The SMILES string of the molecule is NC(=O)CCNCCCC(=O)N(CCCCCNC(=O)CCN1CCC(OC(=O)Nc2ccccc2-c2ccccc2)CC1)Cc1ccc(O)cc1. The van der Waals surface area contributed by atoms with Crippen LogP contribution in [0.15, 0.2) is 78.9 Å². The molecule has 0 saturated carbocycles. The zero-order chi connectivity index (χ0) is 37.0. The highest BCUT2D eigenvalue weighted by atomic mass is 16.6. The number of piperidine rings is 1. The van der Waals surface area contributed by atoms with Crippen LogP contribution in [0.3, 0.4) is 0 Å². The van der Waals surface area contributed by atoms with Crippen LogP contribution in [-0.2, 0) is 25.7 Å². The average molecular weight is 715 g/mol. The van der Waals surface area contributed by atoms with Crippen molar-refractivity contribution in [1.29, 1.82) is 0 Å². The summed E-state index contributed by atoms with van der Waals surface area (Å²) in [5.41, 5.74) is 8.77. The number of phenols is 1. The van der Waals surface area contributed by atoms with Gasteiger partial charge in [-0.05, 0) is 74.4 Å². The van der Waals surface area contributed by atoms with Crippen molar-refractivity contribution < 1.29 is 29.0 Å². The fourth-order valence-electron chi connectivity index (χ4n) is 6.16. The van der Waals surface area contributed by atoms with Gasteiger partial charge in [-0.2, -0.15) is 0 Å². The molecule has 12 nitrogen and oxygen atoms in total. The van der Waals surface area contributed by atoms with Crippen LogP contribution in [-0.4, -0.2) is 90.6 Å². The van der Waals surface area contributed by atoms with E-state index in [9.17, 15) is 24.3 Å². The summed E-state index contributed by atoms with van der Waals surface area (Å²) in [4.78, 5) is 53.3. The number of ether oxygens (including phenoxy) is 1. The number of carbonyl (C=O) groups excluding carboxylic acids is 4. The number of nitrogens with two attached hydrogens (primary N) is 1. The number of primary amides is 1. The fourth-order valence-corrected chi connectivity index (χ4v) is 6.16. The average Bonchev–Trinajstić information content (AvgIpc) is 3.14. The van der Waals surface area contributed by atoms with Crippen molar-refractivity contribution in [2.24, 2.45) is 5.73 Å². The molecule has 0 radical (unpaired) electrons. The molecule has 1 aliphatic heterocycles. The molecule has 6 N–H and O–H groups in total. The minimum absolute atomic E-state index is 0.0170. The summed E-state index contributed by atoms with van der Waals surface area (Å²) in [6.07, 6.45) is 5.03. The summed E-state index contributed by atoms with van der Waals surface area (Å²) in [6, 6.07) is 24.5. The van der Waals surface area contributed by atoms with Gasteiger partial charge in [0.05, 0.1) is 5.69 Å².